The highest BCUT2D eigenvalue weighted by molar-refractivity contribution is 7.99. The van der Waals surface area contributed by atoms with Crippen LogP contribution in [0.25, 0.3) is 10.2 Å². The van der Waals surface area contributed by atoms with Gasteiger partial charge < -0.3 is 9.73 Å². The molecule has 3 aromatic heterocycles. The Morgan fingerprint density at radius 2 is 2.33 bits per heavy atom. The van der Waals surface area contributed by atoms with E-state index in [0.29, 0.717) is 29.9 Å². The van der Waals surface area contributed by atoms with Crippen molar-refractivity contribution in [2.45, 2.75) is 57.7 Å². The third-order valence-corrected chi connectivity index (χ3v) is 7.58. The number of rotatable bonds is 8. The monoisotopic (exact) mass is 445 g/mol. The van der Waals surface area contributed by atoms with Crippen molar-refractivity contribution in [3.05, 3.63) is 45.0 Å². The molecule has 3 aromatic rings. The van der Waals surface area contributed by atoms with Gasteiger partial charge in [0.15, 0.2) is 5.16 Å². The van der Waals surface area contributed by atoms with E-state index in [-0.39, 0.29) is 17.2 Å². The molecule has 0 bridgehead atoms. The molecule has 0 spiro atoms. The van der Waals surface area contributed by atoms with Gasteiger partial charge in [0, 0.05) is 11.4 Å². The van der Waals surface area contributed by atoms with E-state index in [1.54, 1.807) is 22.2 Å². The summed E-state index contributed by atoms with van der Waals surface area (Å²) < 4.78 is 7.15. The van der Waals surface area contributed by atoms with Crippen LogP contribution < -0.4 is 10.9 Å². The smallest absolute Gasteiger partial charge is 0.263 e. The van der Waals surface area contributed by atoms with Crippen LogP contribution in [0, 0.1) is 5.92 Å². The van der Waals surface area contributed by atoms with Gasteiger partial charge in [-0.25, -0.2) is 4.98 Å². The van der Waals surface area contributed by atoms with E-state index < -0.39 is 0 Å². The lowest BCUT2D eigenvalue weighted by molar-refractivity contribution is -0.118. The summed E-state index contributed by atoms with van der Waals surface area (Å²) in [5.74, 6) is 1.54. The zero-order valence-electron chi connectivity index (χ0n) is 17.4. The first-order valence-electron chi connectivity index (χ1n) is 10.5. The Labute approximate surface area is 184 Å². The lowest BCUT2D eigenvalue weighted by Gasteiger charge is -2.17. The van der Waals surface area contributed by atoms with Gasteiger partial charge in [0.05, 0.1) is 23.9 Å². The van der Waals surface area contributed by atoms with Crippen molar-refractivity contribution in [2.75, 3.05) is 12.3 Å². The first kappa shape index (κ1) is 21.2. The number of furan rings is 1. The van der Waals surface area contributed by atoms with Crippen LogP contribution in [0.2, 0.25) is 0 Å². The fraction of sp³-hybridized carbons (Fsp3) is 0.500. The molecule has 0 fully saturated rings. The van der Waals surface area contributed by atoms with Gasteiger partial charge >= 0.3 is 0 Å². The first-order valence-corrected chi connectivity index (χ1v) is 12.3. The number of amides is 1. The van der Waals surface area contributed by atoms with Crippen molar-refractivity contribution in [3.8, 4) is 0 Å². The number of thioether (sulfide) groups is 1. The van der Waals surface area contributed by atoms with Crippen molar-refractivity contribution in [3.63, 3.8) is 0 Å². The number of unbranched alkanes of at least 4 members (excludes halogenated alkanes) is 1. The quantitative estimate of drug-likeness (QED) is 0.319. The van der Waals surface area contributed by atoms with Crippen LogP contribution >= 0.6 is 23.1 Å². The summed E-state index contributed by atoms with van der Waals surface area (Å²) in [5.41, 5.74) is 1.14. The molecule has 1 amide bonds. The lowest BCUT2D eigenvalue weighted by atomic mass is 9.89. The van der Waals surface area contributed by atoms with Gasteiger partial charge in [0.1, 0.15) is 10.6 Å². The van der Waals surface area contributed by atoms with Crippen molar-refractivity contribution in [1.82, 2.24) is 14.9 Å². The van der Waals surface area contributed by atoms with Crippen molar-refractivity contribution in [1.29, 1.82) is 0 Å². The predicted molar refractivity (Wildman–Crippen MR) is 122 cm³/mol. The zero-order chi connectivity index (χ0) is 21.1. The van der Waals surface area contributed by atoms with E-state index in [0.717, 1.165) is 42.3 Å². The molecular weight excluding hydrogens is 418 g/mol. The van der Waals surface area contributed by atoms with Gasteiger partial charge in [0.25, 0.3) is 5.56 Å². The molecule has 30 heavy (non-hydrogen) atoms. The number of carbonyl (C=O) groups is 1. The van der Waals surface area contributed by atoms with E-state index in [1.165, 1.54) is 22.2 Å². The number of nitrogens with zero attached hydrogens (tertiary/aromatic N) is 2. The van der Waals surface area contributed by atoms with Crippen molar-refractivity contribution in [2.24, 2.45) is 5.92 Å². The van der Waals surface area contributed by atoms with Crippen molar-refractivity contribution < 1.29 is 9.21 Å². The van der Waals surface area contributed by atoms with E-state index in [9.17, 15) is 9.59 Å². The summed E-state index contributed by atoms with van der Waals surface area (Å²) in [6.07, 6.45) is 6.65. The Morgan fingerprint density at radius 1 is 1.47 bits per heavy atom. The molecule has 1 N–H and O–H groups in total. The van der Waals surface area contributed by atoms with Crippen LogP contribution in [0.1, 0.15) is 49.3 Å². The second-order valence-electron chi connectivity index (χ2n) is 7.89. The lowest BCUT2D eigenvalue weighted by Crippen LogP contribution is -2.28. The number of hydrogen-bond donors (Lipinski definition) is 1. The van der Waals surface area contributed by atoms with Crippen LogP contribution in [-0.2, 0) is 24.2 Å². The molecule has 1 unspecified atom stereocenters. The summed E-state index contributed by atoms with van der Waals surface area (Å²) in [4.78, 5) is 32.6. The molecule has 8 heteroatoms. The Balaban J connectivity index is 1.68. The number of thiophene rings is 1. The molecule has 1 aliphatic carbocycles. The fourth-order valence-electron chi connectivity index (χ4n) is 3.80. The molecule has 0 radical (unpaired) electrons. The number of aryl methyl sites for hydroxylation is 1. The van der Waals surface area contributed by atoms with E-state index >= 15 is 0 Å². The van der Waals surface area contributed by atoms with Gasteiger partial charge in [-0.2, -0.15) is 0 Å². The van der Waals surface area contributed by atoms with Crippen LogP contribution in [0.15, 0.2) is 32.8 Å². The first-order chi connectivity index (χ1) is 14.6. The summed E-state index contributed by atoms with van der Waals surface area (Å²) in [7, 11) is 0. The SMILES string of the molecule is CCCCNC(=O)CSc1nc2sc3c(c2c(=O)n1Cc1ccco1)CCC(C)C3. The maximum absolute atomic E-state index is 13.5. The molecule has 1 aliphatic rings. The van der Waals surface area contributed by atoms with Crippen LogP contribution in [-0.4, -0.2) is 27.8 Å². The fourth-order valence-corrected chi connectivity index (χ4v) is 6.05. The highest BCUT2D eigenvalue weighted by Crippen LogP contribution is 2.36. The standard InChI is InChI=1S/C22H27N3O3S2/c1-3-4-9-23-18(26)13-29-22-24-20-19(16-8-7-14(2)11-17(16)30-20)21(27)25(22)12-15-6-5-10-28-15/h5-6,10,14H,3-4,7-9,11-13H2,1-2H3,(H,23,26). The summed E-state index contributed by atoms with van der Waals surface area (Å²) in [6.45, 7) is 5.34. The Hall–Kier alpha value is -2.06. The minimum Gasteiger partial charge on any atom is -0.467 e. The molecule has 0 saturated heterocycles. The highest BCUT2D eigenvalue weighted by Gasteiger charge is 2.25. The molecule has 3 heterocycles. The number of carbonyl (C=O) groups excluding carboxylic acids is 1. The maximum Gasteiger partial charge on any atom is 0.263 e. The van der Waals surface area contributed by atoms with Gasteiger partial charge in [-0.05, 0) is 49.3 Å². The van der Waals surface area contributed by atoms with E-state index in [4.69, 9.17) is 9.40 Å². The average molecular weight is 446 g/mol. The summed E-state index contributed by atoms with van der Waals surface area (Å²) in [6, 6.07) is 3.67. The normalized spacial score (nSPS) is 16.0. The second-order valence-corrected chi connectivity index (χ2v) is 9.92. The molecular formula is C22H27N3O3S2. The van der Waals surface area contributed by atoms with Gasteiger partial charge in [0.2, 0.25) is 5.91 Å². The van der Waals surface area contributed by atoms with E-state index in [1.807, 2.05) is 12.1 Å². The molecule has 0 saturated carbocycles. The van der Waals surface area contributed by atoms with Gasteiger partial charge in [-0.3, -0.25) is 14.2 Å². The second kappa shape index (κ2) is 9.39. The molecule has 6 nitrogen and oxygen atoms in total. The van der Waals surface area contributed by atoms with Gasteiger partial charge in [-0.15, -0.1) is 11.3 Å². The zero-order valence-corrected chi connectivity index (χ0v) is 19.0. The Kier molecular flexibility index (Phi) is 6.63. The van der Waals surface area contributed by atoms with Crippen molar-refractivity contribution >= 4 is 39.2 Å². The minimum absolute atomic E-state index is 0.0302. The highest BCUT2D eigenvalue weighted by atomic mass is 32.2. The number of nitrogens with one attached hydrogen (secondary N) is 1. The third kappa shape index (κ3) is 4.49. The number of hydrogen-bond acceptors (Lipinski definition) is 6. The maximum atomic E-state index is 13.5. The predicted octanol–water partition coefficient (Wildman–Crippen LogP) is 4.23. The Bertz CT molecular complexity index is 1090. The van der Waals surface area contributed by atoms with Crippen LogP contribution in [0.5, 0.6) is 0 Å². The molecule has 0 aliphatic heterocycles. The molecule has 4 rings (SSSR count). The number of fused-ring (bicyclic) bond motifs is 3. The average Bonchev–Trinajstić information content (AvgIpc) is 3.36. The van der Waals surface area contributed by atoms with Crippen LogP contribution in [0.4, 0.5) is 0 Å². The minimum atomic E-state index is -0.0355. The van der Waals surface area contributed by atoms with Crippen LogP contribution in [0.3, 0.4) is 0 Å². The van der Waals surface area contributed by atoms with Gasteiger partial charge in [-0.1, -0.05) is 32.0 Å². The molecule has 160 valence electrons. The topological polar surface area (TPSA) is 77.1 Å². The summed E-state index contributed by atoms with van der Waals surface area (Å²) >= 11 is 2.95. The largest absolute Gasteiger partial charge is 0.467 e. The van der Waals surface area contributed by atoms with E-state index in [2.05, 4.69) is 19.2 Å². The molecule has 0 aromatic carbocycles. The number of aromatic nitrogens is 2. The Morgan fingerprint density at radius 3 is 3.10 bits per heavy atom. The third-order valence-electron chi connectivity index (χ3n) is 5.46. The molecule has 1 atom stereocenters. The summed E-state index contributed by atoms with van der Waals surface area (Å²) in [5, 5.41) is 4.25.